The van der Waals surface area contributed by atoms with Crippen LogP contribution in [-0.4, -0.2) is 45.7 Å². The summed E-state index contributed by atoms with van der Waals surface area (Å²) in [4.78, 5) is 0. The average Bonchev–Trinajstić information content (AvgIpc) is 2.77. The molecule has 1 heterocycles. The molecular formula is C13H20N2O2S. The first-order valence-electron chi connectivity index (χ1n) is 6.16. The number of hydrogen-bond donors (Lipinski definition) is 1. The Morgan fingerprint density at radius 2 is 1.89 bits per heavy atom. The van der Waals surface area contributed by atoms with Gasteiger partial charge in [-0.1, -0.05) is 30.3 Å². The minimum Gasteiger partial charge on any atom is -0.316 e. The molecule has 0 aromatic heterocycles. The van der Waals surface area contributed by atoms with Gasteiger partial charge in [-0.2, -0.15) is 0 Å². The van der Waals surface area contributed by atoms with Gasteiger partial charge in [0, 0.05) is 26.6 Å². The predicted molar refractivity (Wildman–Crippen MR) is 73.0 cm³/mol. The van der Waals surface area contributed by atoms with E-state index >= 15 is 0 Å². The Hall–Kier alpha value is -0.910. The largest absolute Gasteiger partial charge is 0.316 e. The lowest BCUT2D eigenvalue weighted by Crippen LogP contribution is -2.31. The number of hydrogen-bond acceptors (Lipinski definition) is 3. The van der Waals surface area contributed by atoms with E-state index in [1.807, 2.05) is 18.2 Å². The smallest absolute Gasteiger partial charge is 0.213 e. The molecule has 1 fully saturated rings. The molecule has 100 valence electrons. The van der Waals surface area contributed by atoms with Crippen LogP contribution in [0.15, 0.2) is 30.3 Å². The maximum atomic E-state index is 12.0. The van der Waals surface area contributed by atoms with Gasteiger partial charge in [0.15, 0.2) is 0 Å². The molecule has 1 saturated heterocycles. The van der Waals surface area contributed by atoms with Crippen LogP contribution in [0.1, 0.15) is 11.5 Å². The molecule has 18 heavy (non-hydrogen) atoms. The highest BCUT2D eigenvalue weighted by atomic mass is 32.2. The van der Waals surface area contributed by atoms with Gasteiger partial charge in [0.2, 0.25) is 10.0 Å². The summed E-state index contributed by atoms with van der Waals surface area (Å²) < 4.78 is 25.2. The first kappa shape index (κ1) is 13.5. The Balaban J connectivity index is 2.14. The van der Waals surface area contributed by atoms with Crippen LogP contribution < -0.4 is 5.32 Å². The van der Waals surface area contributed by atoms with Crippen molar-refractivity contribution >= 4 is 10.0 Å². The monoisotopic (exact) mass is 268 g/mol. The zero-order valence-electron chi connectivity index (χ0n) is 10.8. The van der Waals surface area contributed by atoms with E-state index in [1.165, 1.54) is 9.87 Å². The van der Waals surface area contributed by atoms with Crippen molar-refractivity contribution in [3.63, 3.8) is 0 Å². The summed E-state index contributed by atoms with van der Waals surface area (Å²) in [5.41, 5.74) is 1.22. The van der Waals surface area contributed by atoms with Crippen molar-refractivity contribution in [2.45, 2.75) is 5.92 Å². The summed E-state index contributed by atoms with van der Waals surface area (Å²) in [6.07, 6.45) is 0. The maximum Gasteiger partial charge on any atom is 0.213 e. The minimum absolute atomic E-state index is 0.153. The lowest BCUT2D eigenvalue weighted by atomic mass is 9.90. The average molecular weight is 268 g/mol. The summed E-state index contributed by atoms with van der Waals surface area (Å²) in [5.74, 6) is 0.660. The number of nitrogens with one attached hydrogen (secondary N) is 1. The molecule has 1 aliphatic heterocycles. The molecular weight excluding hydrogens is 248 g/mol. The van der Waals surface area contributed by atoms with E-state index in [0.717, 1.165) is 13.1 Å². The molecule has 0 radical (unpaired) electrons. The molecule has 2 unspecified atom stereocenters. The van der Waals surface area contributed by atoms with Crippen LogP contribution in [0.25, 0.3) is 0 Å². The van der Waals surface area contributed by atoms with Gasteiger partial charge in [-0.05, 0) is 18.0 Å². The summed E-state index contributed by atoms with van der Waals surface area (Å²) in [6.45, 7) is 1.63. The van der Waals surface area contributed by atoms with Crippen LogP contribution in [0.5, 0.6) is 0 Å². The SMILES string of the molecule is CN(C)S(=O)(=O)CC1CNCC1c1ccccc1. The predicted octanol–water partition coefficient (Wildman–Crippen LogP) is 0.881. The molecule has 0 amide bonds. The zero-order chi connectivity index (χ0) is 13.2. The molecule has 2 atom stereocenters. The first-order chi connectivity index (χ1) is 8.50. The molecule has 0 aliphatic carbocycles. The Morgan fingerprint density at radius 3 is 2.50 bits per heavy atom. The van der Waals surface area contributed by atoms with Crippen LogP contribution in [0, 0.1) is 5.92 Å². The van der Waals surface area contributed by atoms with Crippen molar-refractivity contribution in [2.24, 2.45) is 5.92 Å². The van der Waals surface area contributed by atoms with E-state index in [1.54, 1.807) is 14.1 Å². The molecule has 2 rings (SSSR count). The van der Waals surface area contributed by atoms with Gasteiger partial charge >= 0.3 is 0 Å². The van der Waals surface area contributed by atoms with E-state index in [2.05, 4.69) is 17.4 Å². The molecule has 0 bridgehead atoms. The molecule has 5 heteroatoms. The third-order valence-electron chi connectivity index (χ3n) is 3.55. The highest BCUT2D eigenvalue weighted by Crippen LogP contribution is 2.29. The van der Waals surface area contributed by atoms with Gasteiger partial charge in [-0.25, -0.2) is 12.7 Å². The highest BCUT2D eigenvalue weighted by molar-refractivity contribution is 7.89. The fraction of sp³-hybridized carbons (Fsp3) is 0.538. The van der Waals surface area contributed by atoms with Crippen LogP contribution in [0.4, 0.5) is 0 Å². The van der Waals surface area contributed by atoms with E-state index in [4.69, 9.17) is 0 Å². The van der Waals surface area contributed by atoms with Crippen molar-refractivity contribution in [3.8, 4) is 0 Å². The molecule has 0 spiro atoms. The molecule has 1 aromatic carbocycles. The van der Waals surface area contributed by atoms with Gasteiger partial charge in [0.1, 0.15) is 0 Å². The lowest BCUT2D eigenvalue weighted by molar-refractivity contribution is 0.492. The van der Waals surface area contributed by atoms with Crippen LogP contribution >= 0.6 is 0 Å². The fourth-order valence-electron chi connectivity index (χ4n) is 2.42. The second kappa shape index (κ2) is 5.38. The normalized spacial score (nSPS) is 24.6. The molecule has 4 nitrogen and oxygen atoms in total. The highest BCUT2D eigenvalue weighted by Gasteiger charge is 2.32. The topological polar surface area (TPSA) is 49.4 Å². The van der Waals surface area contributed by atoms with Crippen molar-refractivity contribution in [3.05, 3.63) is 35.9 Å². The van der Waals surface area contributed by atoms with Crippen molar-refractivity contribution in [2.75, 3.05) is 32.9 Å². The summed E-state index contributed by atoms with van der Waals surface area (Å²) in [6, 6.07) is 10.1. The standard InChI is InChI=1S/C13H20N2O2S/c1-15(2)18(16,17)10-12-8-14-9-13(12)11-6-4-3-5-7-11/h3-7,12-14H,8-10H2,1-2H3. The van der Waals surface area contributed by atoms with Gasteiger partial charge < -0.3 is 5.32 Å². The third kappa shape index (κ3) is 2.91. The summed E-state index contributed by atoms with van der Waals surface area (Å²) in [5, 5.41) is 3.30. The quantitative estimate of drug-likeness (QED) is 0.882. The van der Waals surface area contributed by atoms with Crippen molar-refractivity contribution in [1.82, 2.24) is 9.62 Å². The zero-order valence-corrected chi connectivity index (χ0v) is 11.7. The van der Waals surface area contributed by atoms with Gasteiger partial charge in [-0.15, -0.1) is 0 Å². The van der Waals surface area contributed by atoms with Crippen molar-refractivity contribution < 1.29 is 8.42 Å². The number of benzene rings is 1. The first-order valence-corrected chi connectivity index (χ1v) is 7.77. The van der Waals surface area contributed by atoms with E-state index in [-0.39, 0.29) is 11.7 Å². The maximum absolute atomic E-state index is 12.0. The molecule has 1 aromatic rings. The Labute approximate surface area is 109 Å². The lowest BCUT2D eigenvalue weighted by Gasteiger charge is -2.21. The van der Waals surface area contributed by atoms with E-state index < -0.39 is 10.0 Å². The van der Waals surface area contributed by atoms with Crippen molar-refractivity contribution in [1.29, 1.82) is 0 Å². The number of rotatable bonds is 4. The Morgan fingerprint density at radius 1 is 1.22 bits per heavy atom. The van der Waals surface area contributed by atoms with E-state index in [0.29, 0.717) is 5.92 Å². The molecule has 0 saturated carbocycles. The minimum atomic E-state index is -3.13. The summed E-state index contributed by atoms with van der Waals surface area (Å²) >= 11 is 0. The molecule has 1 aliphatic rings. The Bertz CT molecular complexity index is 485. The van der Waals surface area contributed by atoms with Crippen LogP contribution in [-0.2, 0) is 10.0 Å². The van der Waals surface area contributed by atoms with Crippen LogP contribution in [0.2, 0.25) is 0 Å². The van der Waals surface area contributed by atoms with Crippen LogP contribution in [0.3, 0.4) is 0 Å². The van der Waals surface area contributed by atoms with Gasteiger partial charge in [0.05, 0.1) is 5.75 Å². The third-order valence-corrected chi connectivity index (χ3v) is 5.51. The number of sulfonamides is 1. The Kier molecular flexibility index (Phi) is 4.04. The van der Waals surface area contributed by atoms with Gasteiger partial charge in [-0.3, -0.25) is 0 Å². The molecule has 1 N–H and O–H groups in total. The summed E-state index contributed by atoms with van der Waals surface area (Å²) in [7, 11) is 0.0558. The number of nitrogens with zero attached hydrogens (tertiary/aromatic N) is 1. The second-order valence-corrected chi connectivity index (χ2v) is 7.22. The second-order valence-electron chi connectivity index (χ2n) is 5.00. The van der Waals surface area contributed by atoms with E-state index in [9.17, 15) is 8.42 Å². The fourth-order valence-corrected chi connectivity index (χ4v) is 3.61. The van der Waals surface area contributed by atoms with Gasteiger partial charge in [0.25, 0.3) is 0 Å².